The van der Waals surface area contributed by atoms with Gasteiger partial charge in [0, 0.05) is 11.9 Å². The van der Waals surface area contributed by atoms with E-state index in [2.05, 4.69) is 4.98 Å². The zero-order valence-corrected chi connectivity index (χ0v) is 8.30. The summed E-state index contributed by atoms with van der Waals surface area (Å²) in [4.78, 5) is 14.4. The van der Waals surface area contributed by atoms with Crippen LogP contribution in [0.15, 0.2) is 36.8 Å². The number of aromatic nitrogens is 2. The monoisotopic (exact) mass is 220 g/mol. The molecule has 0 aliphatic rings. The van der Waals surface area contributed by atoms with Crippen molar-refractivity contribution in [2.75, 3.05) is 0 Å². The summed E-state index contributed by atoms with van der Waals surface area (Å²) in [5.41, 5.74) is 1.21. The van der Waals surface area contributed by atoms with Crippen LogP contribution in [0.25, 0.3) is 5.69 Å². The zero-order chi connectivity index (χ0) is 11.5. The van der Waals surface area contributed by atoms with Gasteiger partial charge in [-0.15, -0.1) is 0 Å². The lowest BCUT2D eigenvalue weighted by atomic mass is 10.3. The van der Waals surface area contributed by atoms with Crippen LogP contribution in [0.3, 0.4) is 0 Å². The minimum atomic E-state index is -0.927. The second-order valence-corrected chi connectivity index (χ2v) is 3.32. The lowest BCUT2D eigenvalue weighted by Gasteiger charge is -2.00. The van der Waals surface area contributed by atoms with Gasteiger partial charge in [0.1, 0.15) is 5.82 Å². The molecular weight excluding hydrogens is 211 g/mol. The molecule has 0 unspecified atom stereocenters. The van der Waals surface area contributed by atoms with E-state index in [1.165, 1.54) is 18.5 Å². The van der Waals surface area contributed by atoms with Gasteiger partial charge in [-0.1, -0.05) is 0 Å². The molecule has 1 aromatic heterocycles. The summed E-state index contributed by atoms with van der Waals surface area (Å²) >= 11 is 0. The maximum Gasteiger partial charge on any atom is 0.309 e. The van der Waals surface area contributed by atoms with Gasteiger partial charge in [-0.05, 0) is 24.3 Å². The number of imidazole rings is 1. The largest absolute Gasteiger partial charge is 0.481 e. The summed E-state index contributed by atoms with van der Waals surface area (Å²) in [6.45, 7) is 0. The first-order valence-corrected chi connectivity index (χ1v) is 4.66. The summed E-state index contributed by atoms with van der Waals surface area (Å²) in [5.74, 6) is -1.24. The highest BCUT2D eigenvalue weighted by Gasteiger charge is 2.04. The molecule has 0 atom stereocenters. The maximum absolute atomic E-state index is 12.7. The van der Waals surface area contributed by atoms with Gasteiger partial charge in [-0.25, -0.2) is 9.37 Å². The summed E-state index contributed by atoms with van der Waals surface area (Å²) < 4.78 is 14.3. The molecule has 0 aliphatic carbocycles. The van der Waals surface area contributed by atoms with Crippen LogP contribution in [0.4, 0.5) is 4.39 Å². The molecule has 0 amide bonds. The highest BCUT2D eigenvalue weighted by Crippen LogP contribution is 2.10. The van der Waals surface area contributed by atoms with E-state index in [9.17, 15) is 9.18 Å². The van der Waals surface area contributed by atoms with E-state index in [-0.39, 0.29) is 12.2 Å². The normalized spacial score (nSPS) is 10.3. The molecule has 82 valence electrons. The van der Waals surface area contributed by atoms with E-state index in [0.29, 0.717) is 5.69 Å². The Hall–Kier alpha value is -2.17. The Labute approximate surface area is 91.0 Å². The summed E-state index contributed by atoms with van der Waals surface area (Å²) in [6.07, 6.45) is 3.00. The molecule has 2 aromatic rings. The standard InChI is InChI=1S/C11H9FN2O2/c12-8-1-3-10(4-2-8)14-6-9(13-7-14)5-11(15)16/h1-4,6-7H,5H2,(H,15,16). The van der Waals surface area contributed by atoms with Crippen molar-refractivity contribution >= 4 is 5.97 Å². The predicted molar refractivity (Wildman–Crippen MR) is 54.9 cm³/mol. The van der Waals surface area contributed by atoms with Crippen LogP contribution in [0.1, 0.15) is 5.69 Å². The molecule has 0 fully saturated rings. The SMILES string of the molecule is O=C(O)Cc1cn(-c2ccc(F)cc2)cn1. The Bertz CT molecular complexity index is 505. The number of aliphatic carboxylic acids is 1. The van der Waals surface area contributed by atoms with Crippen molar-refractivity contribution in [2.45, 2.75) is 6.42 Å². The molecule has 5 heteroatoms. The molecule has 1 heterocycles. The minimum Gasteiger partial charge on any atom is -0.481 e. The van der Waals surface area contributed by atoms with Crippen molar-refractivity contribution in [3.05, 3.63) is 48.3 Å². The highest BCUT2D eigenvalue weighted by molar-refractivity contribution is 5.69. The molecule has 0 saturated carbocycles. The average Bonchev–Trinajstić information content (AvgIpc) is 2.66. The van der Waals surface area contributed by atoms with Crippen molar-refractivity contribution in [3.8, 4) is 5.69 Å². The molecule has 0 spiro atoms. The van der Waals surface area contributed by atoms with Crippen LogP contribution >= 0.6 is 0 Å². The van der Waals surface area contributed by atoms with Gasteiger partial charge in [-0.3, -0.25) is 4.79 Å². The van der Waals surface area contributed by atoms with Crippen molar-refractivity contribution in [1.82, 2.24) is 9.55 Å². The molecule has 0 radical (unpaired) electrons. The molecule has 0 saturated heterocycles. The Morgan fingerprint density at radius 1 is 1.38 bits per heavy atom. The Kier molecular flexibility index (Phi) is 2.68. The fourth-order valence-electron chi connectivity index (χ4n) is 1.36. The molecule has 0 aliphatic heterocycles. The van der Waals surface area contributed by atoms with Gasteiger partial charge in [0.05, 0.1) is 18.4 Å². The fraction of sp³-hybridized carbons (Fsp3) is 0.0909. The van der Waals surface area contributed by atoms with E-state index >= 15 is 0 Å². The number of hydrogen-bond acceptors (Lipinski definition) is 2. The molecule has 1 aromatic carbocycles. The summed E-state index contributed by atoms with van der Waals surface area (Å²) in [5, 5.41) is 8.58. The van der Waals surface area contributed by atoms with E-state index < -0.39 is 5.97 Å². The van der Waals surface area contributed by atoms with Crippen molar-refractivity contribution < 1.29 is 14.3 Å². The number of nitrogens with zero attached hydrogens (tertiary/aromatic N) is 2. The smallest absolute Gasteiger partial charge is 0.309 e. The van der Waals surface area contributed by atoms with E-state index in [1.54, 1.807) is 22.9 Å². The van der Waals surface area contributed by atoms with Crippen LogP contribution in [0.2, 0.25) is 0 Å². The third kappa shape index (κ3) is 2.25. The van der Waals surface area contributed by atoms with Crippen LogP contribution in [-0.4, -0.2) is 20.6 Å². The zero-order valence-electron chi connectivity index (χ0n) is 8.30. The molecule has 0 bridgehead atoms. The van der Waals surface area contributed by atoms with E-state index in [4.69, 9.17) is 5.11 Å². The first-order chi connectivity index (χ1) is 7.65. The first kappa shape index (κ1) is 10.4. The molecule has 1 N–H and O–H groups in total. The Morgan fingerprint density at radius 2 is 2.06 bits per heavy atom. The predicted octanol–water partition coefficient (Wildman–Crippen LogP) is 1.64. The van der Waals surface area contributed by atoms with E-state index in [1.807, 2.05) is 0 Å². The van der Waals surface area contributed by atoms with Gasteiger partial charge in [-0.2, -0.15) is 0 Å². The third-order valence-electron chi connectivity index (χ3n) is 2.09. The maximum atomic E-state index is 12.7. The lowest BCUT2D eigenvalue weighted by molar-refractivity contribution is -0.136. The molecule has 16 heavy (non-hydrogen) atoms. The average molecular weight is 220 g/mol. The number of carboxylic acids is 1. The fourth-order valence-corrected chi connectivity index (χ4v) is 1.36. The van der Waals surface area contributed by atoms with Crippen molar-refractivity contribution in [2.24, 2.45) is 0 Å². The number of rotatable bonds is 3. The number of carboxylic acid groups (broad SMARTS) is 1. The second-order valence-electron chi connectivity index (χ2n) is 3.32. The van der Waals surface area contributed by atoms with Gasteiger partial charge in [0.15, 0.2) is 0 Å². The quantitative estimate of drug-likeness (QED) is 0.855. The number of halogens is 1. The molecular formula is C11H9FN2O2. The molecule has 2 rings (SSSR count). The van der Waals surface area contributed by atoms with Crippen molar-refractivity contribution in [1.29, 1.82) is 0 Å². The van der Waals surface area contributed by atoms with Crippen LogP contribution < -0.4 is 0 Å². The van der Waals surface area contributed by atoms with Crippen LogP contribution in [0, 0.1) is 5.82 Å². The first-order valence-electron chi connectivity index (χ1n) is 4.66. The summed E-state index contributed by atoms with van der Waals surface area (Å²) in [6, 6.07) is 5.88. The Morgan fingerprint density at radius 3 is 2.69 bits per heavy atom. The minimum absolute atomic E-state index is 0.117. The second kappa shape index (κ2) is 4.14. The van der Waals surface area contributed by atoms with Crippen LogP contribution in [0.5, 0.6) is 0 Å². The van der Waals surface area contributed by atoms with Gasteiger partial charge in [0.2, 0.25) is 0 Å². The third-order valence-corrected chi connectivity index (χ3v) is 2.09. The number of carbonyl (C=O) groups is 1. The van der Waals surface area contributed by atoms with Gasteiger partial charge >= 0.3 is 5.97 Å². The summed E-state index contributed by atoms with van der Waals surface area (Å²) in [7, 11) is 0. The lowest BCUT2D eigenvalue weighted by Crippen LogP contribution is -1.99. The Balaban J connectivity index is 2.24. The topological polar surface area (TPSA) is 55.1 Å². The number of hydrogen-bond donors (Lipinski definition) is 1. The van der Waals surface area contributed by atoms with Crippen LogP contribution in [-0.2, 0) is 11.2 Å². The van der Waals surface area contributed by atoms with Gasteiger partial charge < -0.3 is 9.67 Å². The molecule has 4 nitrogen and oxygen atoms in total. The van der Waals surface area contributed by atoms with Crippen molar-refractivity contribution in [3.63, 3.8) is 0 Å². The van der Waals surface area contributed by atoms with Gasteiger partial charge in [0.25, 0.3) is 0 Å². The van der Waals surface area contributed by atoms with E-state index in [0.717, 1.165) is 5.69 Å². The highest BCUT2D eigenvalue weighted by atomic mass is 19.1. The number of benzene rings is 1.